The number of phenolic OH excluding ortho intramolecular Hbond substituents is 1. The van der Waals surface area contributed by atoms with Crippen molar-refractivity contribution in [3.05, 3.63) is 28.5 Å². The van der Waals surface area contributed by atoms with Crippen LogP contribution in [0.15, 0.2) is 27.2 Å². The van der Waals surface area contributed by atoms with Crippen molar-refractivity contribution >= 4 is 27.7 Å². The highest BCUT2D eigenvalue weighted by molar-refractivity contribution is 9.10. The zero-order valence-corrected chi connectivity index (χ0v) is 11.9. The first-order valence-electron chi connectivity index (χ1n) is 5.68. The largest absolute Gasteiger partial charge is 0.507 e. The fraction of sp³-hybridized carbons (Fsp3) is 0.333. The van der Waals surface area contributed by atoms with E-state index in [1.54, 1.807) is 18.2 Å². The quantitative estimate of drug-likeness (QED) is 0.910. The zero-order valence-electron chi connectivity index (χ0n) is 9.47. The Hall–Kier alpha value is -1.01. The summed E-state index contributed by atoms with van der Waals surface area (Å²) in [7, 11) is 0. The molecule has 1 aromatic heterocycles. The van der Waals surface area contributed by atoms with Crippen LogP contribution in [0.3, 0.4) is 0 Å². The van der Waals surface area contributed by atoms with Crippen LogP contribution in [0.1, 0.15) is 23.9 Å². The molecule has 0 spiro atoms. The van der Waals surface area contributed by atoms with Crippen molar-refractivity contribution in [1.29, 1.82) is 0 Å². The number of rotatable bonds is 2. The van der Waals surface area contributed by atoms with Gasteiger partial charge in [-0.1, -0.05) is 21.1 Å². The number of aromatic hydroxyl groups is 1. The van der Waals surface area contributed by atoms with Gasteiger partial charge in [0.25, 0.3) is 5.89 Å². The van der Waals surface area contributed by atoms with Crippen molar-refractivity contribution in [1.82, 2.24) is 10.1 Å². The summed E-state index contributed by atoms with van der Waals surface area (Å²) in [5.41, 5.74) is 0.561. The normalized spacial score (nSPS) is 19.3. The second-order valence-corrected chi connectivity index (χ2v) is 6.35. The number of halogens is 1. The van der Waals surface area contributed by atoms with Gasteiger partial charge >= 0.3 is 0 Å². The first kappa shape index (κ1) is 12.0. The number of nitrogens with zero attached hydrogens (tertiary/aromatic N) is 2. The lowest BCUT2D eigenvalue weighted by molar-refractivity contribution is 0.416. The minimum absolute atomic E-state index is 0.146. The maximum Gasteiger partial charge on any atom is 0.261 e. The monoisotopic (exact) mass is 326 g/mol. The molecule has 1 N–H and O–H groups in total. The number of hydrogen-bond acceptors (Lipinski definition) is 5. The highest BCUT2D eigenvalue weighted by Gasteiger charge is 2.24. The average Bonchev–Trinajstić information content (AvgIpc) is 3.00. The summed E-state index contributed by atoms with van der Waals surface area (Å²) in [6.07, 6.45) is 2.29. The fourth-order valence-corrected chi connectivity index (χ4v) is 3.49. The van der Waals surface area contributed by atoms with Crippen LogP contribution in [0.4, 0.5) is 0 Å². The smallest absolute Gasteiger partial charge is 0.261 e. The van der Waals surface area contributed by atoms with Crippen LogP contribution < -0.4 is 0 Å². The Morgan fingerprint density at radius 3 is 3.11 bits per heavy atom. The molecule has 0 radical (unpaired) electrons. The summed E-state index contributed by atoms with van der Waals surface area (Å²) in [6.45, 7) is 0. The van der Waals surface area contributed by atoms with Crippen LogP contribution >= 0.6 is 27.7 Å². The molecule has 0 bridgehead atoms. The van der Waals surface area contributed by atoms with E-state index in [2.05, 4.69) is 26.1 Å². The Labute approximate surface area is 117 Å². The second kappa shape index (κ2) is 4.93. The van der Waals surface area contributed by atoms with E-state index in [4.69, 9.17) is 4.52 Å². The van der Waals surface area contributed by atoms with Crippen LogP contribution in [0.2, 0.25) is 0 Å². The molecule has 1 aliphatic rings. The van der Waals surface area contributed by atoms with Gasteiger partial charge in [-0.3, -0.25) is 0 Å². The molecule has 6 heteroatoms. The minimum atomic E-state index is 0.146. The van der Waals surface area contributed by atoms with Gasteiger partial charge < -0.3 is 9.63 Å². The lowest BCUT2D eigenvalue weighted by Crippen LogP contribution is -1.91. The number of hydrogen-bond donors (Lipinski definition) is 1. The second-order valence-electron chi connectivity index (χ2n) is 4.12. The molecule has 1 saturated heterocycles. The van der Waals surface area contributed by atoms with Gasteiger partial charge in [0, 0.05) is 4.47 Å². The zero-order chi connectivity index (χ0) is 12.5. The summed E-state index contributed by atoms with van der Waals surface area (Å²) in [6, 6.07) is 5.14. The Morgan fingerprint density at radius 2 is 2.33 bits per heavy atom. The number of phenols is 1. The molecular weight excluding hydrogens is 316 g/mol. The molecule has 0 saturated carbocycles. The molecule has 0 aliphatic carbocycles. The highest BCUT2D eigenvalue weighted by atomic mass is 79.9. The lowest BCUT2D eigenvalue weighted by atomic mass is 10.2. The van der Waals surface area contributed by atoms with Crippen molar-refractivity contribution in [2.45, 2.75) is 18.1 Å². The maximum absolute atomic E-state index is 9.81. The van der Waals surface area contributed by atoms with E-state index in [0.717, 1.165) is 22.5 Å². The topological polar surface area (TPSA) is 59.2 Å². The molecule has 18 heavy (non-hydrogen) atoms. The van der Waals surface area contributed by atoms with Crippen LogP contribution in [0.5, 0.6) is 5.75 Å². The van der Waals surface area contributed by atoms with E-state index in [1.165, 1.54) is 6.42 Å². The predicted octanol–water partition coefficient (Wildman–Crippen LogP) is 3.77. The molecule has 0 amide bonds. The van der Waals surface area contributed by atoms with Gasteiger partial charge in [0.2, 0.25) is 0 Å². The average molecular weight is 327 g/mol. The molecule has 1 fully saturated rings. The third-order valence-electron chi connectivity index (χ3n) is 2.85. The van der Waals surface area contributed by atoms with Gasteiger partial charge in [-0.15, -0.1) is 0 Å². The molecule has 1 aromatic carbocycles. The van der Waals surface area contributed by atoms with Crippen LogP contribution in [0.25, 0.3) is 11.5 Å². The van der Waals surface area contributed by atoms with Gasteiger partial charge in [0.1, 0.15) is 5.75 Å². The summed E-state index contributed by atoms with van der Waals surface area (Å²) in [5, 5.41) is 14.2. The summed E-state index contributed by atoms with van der Waals surface area (Å²) in [5.74, 6) is 2.40. The van der Waals surface area contributed by atoms with Gasteiger partial charge in [0.05, 0.1) is 10.8 Å². The first-order valence-corrected chi connectivity index (χ1v) is 7.52. The summed E-state index contributed by atoms with van der Waals surface area (Å²) in [4.78, 5) is 4.38. The van der Waals surface area contributed by atoms with E-state index in [0.29, 0.717) is 16.7 Å². The summed E-state index contributed by atoms with van der Waals surface area (Å²) < 4.78 is 6.11. The lowest BCUT2D eigenvalue weighted by Gasteiger charge is -2.00. The Balaban J connectivity index is 1.94. The van der Waals surface area contributed by atoms with Gasteiger partial charge in [0.15, 0.2) is 5.82 Å². The predicted molar refractivity (Wildman–Crippen MR) is 73.5 cm³/mol. The van der Waals surface area contributed by atoms with Crippen LogP contribution in [0, 0.1) is 0 Å². The Morgan fingerprint density at radius 1 is 1.44 bits per heavy atom. The highest BCUT2D eigenvalue weighted by Crippen LogP contribution is 2.39. The molecule has 2 heterocycles. The van der Waals surface area contributed by atoms with Crippen molar-refractivity contribution in [3.63, 3.8) is 0 Å². The molecule has 1 aliphatic heterocycles. The SMILES string of the molecule is Oc1ccc(Br)cc1-c1nc(C2CCCS2)no1. The first-order chi connectivity index (χ1) is 8.74. The molecule has 1 unspecified atom stereocenters. The molecule has 94 valence electrons. The molecule has 1 atom stereocenters. The fourth-order valence-electron chi connectivity index (χ4n) is 1.94. The standard InChI is InChI=1S/C12H11BrN2O2S/c13-7-3-4-9(16)8(6-7)12-14-11(15-17-12)10-2-1-5-18-10/h3-4,6,10,16H,1-2,5H2. The Bertz CT molecular complexity index is 567. The Kier molecular flexibility index (Phi) is 3.30. The van der Waals surface area contributed by atoms with Gasteiger partial charge in [-0.2, -0.15) is 16.7 Å². The summed E-state index contributed by atoms with van der Waals surface area (Å²) >= 11 is 5.22. The number of thioether (sulfide) groups is 1. The van der Waals surface area contributed by atoms with Crippen molar-refractivity contribution in [2.75, 3.05) is 5.75 Å². The third kappa shape index (κ3) is 2.27. The van der Waals surface area contributed by atoms with Crippen LogP contribution in [-0.2, 0) is 0 Å². The molecule has 2 aromatic rings. The number of benzene rings is 1. The molecule has 4 nitrogen and oxygen atoms in total. The molecule has 3 rings (SSSR count). The minimum Gasteiger partial charge on any atom is -0.507 e. The van der Waals surface area contributed by atoms with Crippen LogP contribution in [-0.4, -0.2) is 21.0 Å². The van der Waals surface area contributed by atoms with Crippen molar-refractivity contribution < 1.29 is 9.63 Å². The van der Waals surface area contributed by atoms with E-state index in [1.807, 2.05) is 11.8 Å². The van der Waals surface area contributed by atoms with E-state index >= 15 is 0 Å². The third-order valence-corrected chi connectivity index (χ3v) is 4.71. The van der Waals surface area contributed by atoms with Gasteiger partial charge in [-0.05, 0) is 36.8 Å². The van der Waals surface area contributed by atoms with Crippen molar-refractivity contribution in [2.24, 2.45) is 0 Å². The maximum atomic E-state index is 9.81. The number of aromatic nitrogens is 2. The molecular formula is C12H11BrN2O2S. The van der Waals surface area contributed by atoms with Crippen molar-refractivity contribution in [3.8, 4) is 17.2 Å². The van der Waals surface area contributed by atoms with E-state index < -0.39 is 0 Å². The van der Waals surface area contributed by atoms with E-state index in [9.17, 15) is 5.11 Å². The van der Waals surface area contributed by atoms with Gasteiger partial charge in [-0.25, -0.2) is 0 Å². The van der Waals surface area contributed by atoms with E-state index in [-0.39, 0.29) is 5.75 Å².